The van der Waals surface area contributed by atoms with E-state index in [1.165, 1.54) is 0 Å². The molecule has 2 heterocycles. The van der Waals surface area contributed by atoms with Gasteiger partial charge in [-0.15, -0.1) is 0 Å². The molecule has 2 aromatic rings. The van der Waals surface area contributed by atoms with Gasteiger partial charge in [-0.05, 0) is 29.5 Å². The van der Waals surface area contributed by atoms with Gasteiger partial charge in [0, 0.05) is 25.1 Å². The third-order valence-electron chi connectivity index (χ3n) is 2.31. The molecule has 0 aliphatic carbocycles. The minimum atomic E-state index is -0.0266. The second-order valence-electron chi connectivity index (χ2n) is 3.30. The maximum absolute atomic E-state index is 11.8. The zero-order chi connectivity index (χ0) is 11.5. The van der Waals surface area contributed by atoms with E-state index in [1.54, 1.807) is 23.3 Å². The highest BCUT2D eigenvalue weighted by atomic mass is 127. The van der Waals surface area contributed by atoms with E-state index >= 15 is 0 Å². The van der Waals surface area contributed by atoms with Crippen LogP contribution < -0.4 is 5.56 Å². The Kier molecular flexibility index (Phi) is 3.37. The van der Waals surface area contributed by atoms with Crippen LogP contribution >= 0.6 is 22.6 Å². The van der Waals surface area contributed by atoms with E-state index in [4.69, 9.17) is 0 Å². The fraction of sp³-hybridized carbons (Fsp3) is 0.300. The summed E-state index contributed by atoms with van der Waals surface area (Å²) in [5, 5.41) is 0. The minimum Gasteiger partial charge on any atom is -0.334 e. The first-order valence-electron chi connectivity index (χ1n) is 4.92. The van der Waals surface area contributed by atoms with Crippen LogP contribution in [0.25, 0.3) is 0 Å². The first-order valence-corrected chi connectivity index (χ1v) is 6.00. The Labute approximate surface area is 106 Å². The molecule has 0 spiro atoms. The third-order valence-corrected chi connectivity index (χ3v) is 3.05. The highest BCUT2D eigenvalue weighted by Crippen LogP contribution is 2.00. The van der Waals surface area contributed by atoms with Crippen molar-refractivity contribution in [1.29, 1.82) is 0 Å². The normalized spacial score (nSPS) is 10.6. The van der Waals surface area contributed by atoms with Crippen LogP contribution in [-0.4, -0.2) is 19.1 Å². The lowest BCUT2D eigenvalue weighted by atomic mass is 10.5. The fourth-order valence-electron chi connectivity index (χ4n) is 1.47. The van der Waals surface area contributed by atoms with Crippen LogP contribution in [-0.2, 0) is 13.1 Å². The summed E-state index contributed by atoms with van der Waals surface area (Å²) in [4.78, 5) is 20.0. The molecule has 0 unspecified atom stereocenters. The molecule has 0 bridgehead atoms. The van der Waals surface area contributed by atoms with Crippen molar-refractivity contribution in [2.24, 2.45) is 0 Å². The first-order chi connectivity index (χ1) is 7.72. The van der Waals surface area contributed by atoms with Crippen LogP contribution in [0.5, 0.6) is 0 Å². The molecule has 0 N–H and O–H groups in total. The van der Waals surface area contributed by atoms with Crippen LogP contribution in [0, 0.1) is 3.57 Å². The van der Waals surface area contributed by atoms with Gasteiger partial charge in [0.25, 0.3) is 5.56 Å². The van der Waals surface area contributed by atoms with E-state index in [0.717, 1.165) is 12.4 Å². The standard InChI is InChI=1S/C10H11IN4O/c1-2-14-4-3-13-9(14)6-15-7-12-5-8(11)10(15)16/h3-5,7H,2,6H2,1H3. The molecule has 6 heteroatoms. The Bertz CT molecular complexity index is 546. The van der Waals surface area contributed by atoms with E-state index in [0.29, 0.717) is 10.1 Å². The van der Waals surface area contributed by atoms with Crippen molar-refractivity contribution in [3.63, 3.8) is 0 Å². The summed E-state index contributed by atoms with van der Waals surface area (Å²) >= 11 is 1.99. The van der Waals surface area contributed by atoms with Crippen molar-refractivity contribution in [2.45, 2.75) is 20.0 Å². The molecule has 84 valence electrons. The average molecular weight is 330 g/mol. The van der Waals surface area contributed by atoms with Gasteiger partial charge in [0.1, 0.15) is 5.82 Å². The van der Waals surface area contributed by atoms with Crippen LogP contribution in [0.1, 0.15) is 12.7 Å². The summed E-state index contributed by atoms with van der Waals surface area (Å²) in [5.41, 5.74) is -0.0266. The summed E-state index contributed by atoms with van der Waals surface area (Å²) in [5.74, 6) is 0.869. The number of hydrogen-bond donors (Lipinski definition) is 0. The Hall–Kier alpha value is -1.18. The van der Waals surface area contributed by atoms with Crippen LogP contribution in [0.3, 0.4) is 0 Å². The van der Waals surface area contributed by atoms with Crippen molar-refractivity contribution in [3.05, 3.63) is 44.7 Å². The molecule has 0 saturated carbocycles. The topological polar surface area (TPSA) is 52.7 Å². The molecule has 16 heavy (non-hydrogen) atoms. The number of aryl methyl sites for hydroxylation is 1. The van der Waals surface area contributed by atoms with Gasteiger partial charge in [-0.25, -0.2) is 9.97 Å². The number of nitrogens with zero attached hydrogens (tertiary/aromatic N) is 4. The van der Waals surface area contributed by atoms with Gasteiger partial charge >= 0.3 is 0 Å². The quantitative estimate of drug-likeness (QED) is 0.793. The maximum atomic E-state index is 11.8. The third kappa shape index (κ3) is 2.16. The molecule has 0 aromatic carbocycles. The Morgan fingerprint density at radius 2 is 2.25 bits per heavy atom. The number of halogens is 1. The summed E-state index contributed by atoms with van der Waals surface area (Å²) in [7, 11) is 0. The molecule has 0 aliphatic heterocycles. The van der Waals surface area contributed by atoms with E-state index < -0.39 is 0 Å². The SMILES string of the molecule is CCn1ccnc1Cn1cncc(I)c1=O. The molecular weight excluding hydrogens is 319 g/mol. The Balaban J connectivity index is 2.34. The Morgan fingerprint density at radius 3 is 3.00 bits per heavy atom. The van der Waals surface area contributed by atoms with Crippen molar-refractivity contribution in [1.82, 2.24) is 19.1 Å². The molecular formula is C10H11IN4O. The first kappa shape index (κ1) is 11.3. The average Bonchev–Trinajstić information content (AvgIpc) is 2.72. The summed E-state index contributed by atoms with van der Waals surface area (Å²) in [6, 6.07) is 0. The van der Waals surface area contributed by atoms with Crippen molar-refractivity contribution in [2.75, 3.05) is 0 Å². The zero-order valence-corrected chi connectivity index (χ0v) is 11.0. The lowest BCUT2D eigenvalue weighted by Crippen LogP contribution is -2.24. The van der Waals surface area contributed by atoms with Gasteiger partial charge < -0.3 is 4.57 Å². The maximum Gasteiger partial charge on any atom is 0.267 e. The highest BCUT2D eigenvalue weighted by Gasteiger charge is 2.05. The largest absolute Gasteiger partial charge is 0.334 e. The van der Waals surface area contributed by atoms with Gasteiger partial charge in [0.15, 0.2) is 0 Å². The molecule has 2 rings (SSSR count). The molecule has 0 atom stereocenters. The summed E-state index contributed by atoms with van der Waals surface area (Å²) in [6.07, 6.45) is 6.75. The number of imidazole rings is 1. The van der Waals surface area contributed by atoms with Gasteiger partial charge in [0.2, 0.25) is 0 Å². The van der Waals surface area contributed by atoms with Crippen molar-refractivity contribution >= 4 is 22.6 Å². The lowest BCUT2D eigenvalue weighted by molar-refractivity contribution is 0.629. The summed E-state index contributed by atoms with van der Waals surface area (Å²) < 4.78 is 4.19. The molecule has 0 fully saturated rings. The lowest BCUT2D eigenvalue weighted by Gasteiger charge is -2.06. The molecule has 0 aliphatic rings. The number of aromatic nitrogens is 4. The van der Waals surface area contributed by atoms with E-state index in [1.807, 2.05) is 40.3 Å². The predicted molar refractivity (Wildman–Crippen MR) is 68.2 cm³/mol. The molecule has 0 amide bonds. The number of hydrogen-bond acceptors (Lipinski definition) is 3. The zero-order valence-electron chi connectivity index (χ0n) is 8.80. The van der Waals surface area contributed by atoms with Gasteiger partial charge in [-0.2, -0.15) is 0 Å². The van der Waals surface area contributed by atoms with E-state index in [2.05, 4.69) is 9.97 Å². The molecule has 5 nitrogen and oxygen atoms in total. The smallest absolute Gasteiger partial charge is 0.267 e. The fourth-order valence-corrected chi connectivity index (χ4v) is 1.94. The monoisotopic (exact) mass is 330 g/mol. The van der Waals surface area contributed by atoms with Gasteiger partial charge in [-0.3, -0.25) is 9.36 Å². The van der Waals surface area contributed by atoms with Gasteiger partial charge in [0.05, 0.1) is 16.4 Å². The van der Waals surface area contributed by atoms with Gasteiger partial charge in [-0.1, -0.05) is 0 Å². The number of rotatable bonds is 3. The summed E-state index contributed by atoms with van der Waals surface area (Å²) in [6.45, 7) is 3.35. The van der Waals surface area contributed by atoms with Crippen LogP contribution in [0.2, 0.25) is 0 Å². The second kappa shape index (κ2) is 4.77. The molecule has 0 saturated heterocycles. The van der Waals surface area contributed by atoms with E-state index in [9.17, 15) is 4.79 Å². The van der Waals surface area contributed by atoms with Crippen molar-refractivity contribution in [3.8, 4) is 0 Å². The molecule has 0 radical (unpaired) electrons. The minimum absolute atomic E-state index is 0.0266. The van der Waals surface area contributed by atoms with E-state index in [-0.39, 0.29) is 5.56 Å². The van der Waals surface area contributed by atoms with Crippen LogP contribution in [0.4, 0.5) is 0 Å². The molecule has 2 aromatic heterocycles. The van der Waals surface area contributed by atoms with Crippen LogP contribution in [0.15, 0.2) is 29.7 Å². The predicted octanol–water partition coefficient (Wildman–Crippen LogP) is 1.11. The second-order valence-corrected chi connectivity index (χ2v) is 4.47. The Morgan fingerprint density at radius 1 is 1.44 bits per heavy atom. The highest BCUT2D eigenvalue weighted by molar-refractivity contribution is 14.1. The van der Waals surface area contributed by atoms with Crippen molar-refractivity contribution < 1.29 is 0 Å².